The Bertz CT molecular complexity index is 307. The third-order valence-corrected chi connectivity index (χ3v) is 18.5. The van der Waals surface area contributed by atoms with Gasteiger partial charge < -0.3 is 0 Å². The van der Waals surface area contributed by atoms with E-state index in [-0.39, 0.29) is 0 Å². The summed E-state index contributed by atoms with van der Waals surface area (Å²) < 4.78 is 1.61. The van der Waals surface area contributed by atoms with Gasteiger partial charge in [0.15, 0.2) is 0 Å². The van der Waals surface area contributed by atoms with Gasteiger partial charge in [-0.1, -0.05) is 69.9 Å². The summed E-state index contributed by atoms with van der Waals surface area (Å²) in [6.45, 7) is 4.36. The summed E-state index contributed by atoms with van der Waals surface area (Å²) in [5.41, 5.74) is 0. The molecule has 3 fully saturated rings. The van der Waals surface area contributed by atoms with Crippen molar-refractivity contribution >= 4 is 114 Å². The molecule has 3 saturated heterocycles. The van der Waals surface area contributed by atoms with Crippen molar-refractivity contribution in [3.8, 4) is 0 Å². The molecule has 0 bridgehead atoms. The number of thioether (sulfide) groups is 6. The zero-order valence-corrected chi connectivity index (χ0v) is 23.6. The fourth-order valence-electron chi connectivity index (χ4n) is 1.57. The summed E-state index contributed by atoms with van der Waals surface area (Å²) in [6, 6.07) is 0. The lowest BCUT2D eigenvalue weighted by molar-refractivity contribution is 0.886. The van der Waals surface area contributed by atoms with E-state index in [9.17, 15) is 0 Å². The van der Waals surface area contributed by atoms with Gasteiger partial charge in [0.25, 0.3) is 0 Å². The average molecular weight is 543 g/mol. The largest absolute Gasteiger partial charge is 0.156 e. The van der Waals surface area contributed by atoms with E-state index in [0.717, 1.165) is 19.7 Å². The van der Waals surface area contributed by atoms with E-state index in [4.69, 9.17) is 0 Å². The first-order valence-corrected chi connectivity index (χ1v) is 20.3. The van der Waals surface area contributed by atoms with Gasteiger partial charge in [-0.05, 0) is 0 Å². The third-order valence-electron chi connectivity index (χ3n) is 3.41. The molecular weight excluding hydrogens is 513 g/mol. The summed E-state index contributed by atoms with van der Waals surface area (Å²) in [6.07, 6.45) is 2.64. The Balaban J connectivity index is 0.000000552. The molecule has 0 aromatic heterocycles. The van der Waals surface area contributed by atoms with Crippen LogP contribution in [0.4, 0.5) is 0 Å². The number of rotatable bonds is 14. The van der Waals surface area contributed by atoms with Crippen LogP contribution in [0, 0.1) is 0 Å². The molecule has 0 nitrogen and oxygen atoms in total. The van der Waals surface area contributed by atoms with Gasteiger partial charge >= 0.3 is 0 Å². The maximum atomic E-state index is 2.20. The van der Waals surface area contributed by atoms with Crippen LogP contribution in [0.3, 0.4) is 0 Å². The molecule has 0 aliphatic carbocycles. The maximum Gasteiger partial charge on any atom is 0.0729 e. The number of hydrogen-bond acceptors (Lipinski definition) is 10. The smallest absolute Gasteiger partial charge is 0.0729 e. The quantitative estimate of drug-likeness (QED) is 0.0905. The number of hydrogen-bond donors (Lipinski definition) is 0. The van der Waals surface area contributed by atoms with Gasteiger partial charge in [0, 0.05) is 45.0 Å². The van der Waals surface area contributed by atoms with E-state index < -0.39 is 0 Å². The normalized spacial score (nSPS) is 25.6. The first kappa shape index (κ1) is 25.8. The molecule has 3 aliphatic rings. The highest BCUT2D eigenvalue weighted by Crippen LogP contribution is 2.47. The molecule has 154 valence electrons. The molecular formula is C16H30S10. The minimum Gasteiger partial charge on any atom is -0.156 e. The van der Waals surface area contributed by atoms with Crippen LogP contribution in [0.25, 0.3) is 0 Å². The Hall–Kier alpha value is 3.50. The molecule has 0 aromatic rings. The lowest BCUT2D eigenvalue weighted by Crippen LogP contribution is -2.11. The van der Waals surface area contributed by atoms with E-state index in [1.807, 2.05) is 0 Å². The molecule has 2 unspecified atom stereocenters. The topological polar surface area (TPSA) is 0 Å². The Morgan fingerprint density at radius 1 is 0.731 bits per heavy atom. The van der Waals surface area contributed by atoms with Crippen LogP contribution in [0.15, 0.2) is 0 Å². The fourth-order valence-corrected chi connectivity index (χ4v) is 16.8. The van der Waals surface area contributed by atoms with Gasteiger partial charge in [-0.3, -0.25) is 0 Å². The minimum absolute atomic E-state index is 0.782. The van der Waals surface area contributed by atoms with Crippen molar-refractivity contribution in [3.63, 3.8) is 0 Å². The molecule has 10 heteroatoms. The second-order valence-corrected chi connectivity index (χ2v) is 19.5. The van der Waals surface area contributed by atoms with Crippen LogP contribution in [0.1, 0.15) is 26.7 Å². The van der Waals surface area contributed by atoms with E-state index in [0.29, 0.717) is 0 Å². The molecule has 0 aromatic carbocycles. The highest BCUT2D eigenvalue weighted by Gasteiger charge is 2.28. The van der Waals surface area contributed by atoms with Crippen molar-refractivity contribution in [1.29, 1.82) is 0 Å². The first-order valence-electron chi connectivity index (χ1n) is 9.01. The van der Waals surface area contributed by atoms with Crippen molar-refractivity contribution in [2.75, 3.05) is 44.7 Å². The second kappa shape index (κ2) is 17.1. The van der Waals surface area contributed by atoms with Crippen LogP contribution in [0.5, 0.6) is 0 Å². The molecule has 3 aliphatic heterocycles. The van der Waals surface area contributed by atoms with Crippen molar-refractivity contribution in [2.45, 2.75) is 46.4 Å². The first-order chi connectivity index (χ1) is 12.8. The zero-order valence-electron chi connectivity index (χ0n) is 15.5. The molecule has 0 radical (unpaired) electrons. The van der Waals surface area contributed by atoms with Gasteiger partial charge in [-0.25, -0.2) is 0 Å². The van der Waals surface area contributed by atoms with E-state index in [2.05, 4.69) is 128 Å². The lowest BCUT2D eigenvalue weighted by Gasteiger charge is -2.20. The van der Waals surface area contributed by atoms with Crippen LogP contribution < -0.4 is 0 Å². The standard InChI is InChI=1S/C12H20S10.C4H10/c1-2-14-11(13-1)12(17-7-21-19-5-9-3-15-9)18-8-22-20-6-10-4-16-10;1-3-4-2/h9-12H,1-8H2;3-4H2,1-2H3. The van der Waals surface area contributed by atoms with Gasteiger partial charge in [0.05, 0.1) is 19.3 Å². The summed E-state index contributed by atoms with van der Waals surface area (Å²) in [7, 11) is 8.35. The van der Waals surface area contributed by atoms with E-state index in [1.165, 1.54) is 57.5 Å². The predicted octanol–water partition coefficient (Wildman–Crippen LogP) is 8.30. The van der Waals surface area contributed by atoms with Crippen molar-refractivity contribution in [3.05, 3.63) is 0 Å². The van der Waals surface area contributed by atoms with Crippen LogP contribution >= 0.6 is 114 Å². The van der Waals surface area contributed by atoms with Crippen molar-refractivity contribution in [1.82, 2.24) is 0 Å². The van der Waals surface area contributed by atoms with Crippen LogP contribution in [-0.2, 0) is 0 Å². The molecule has 0 saturated carbocycles. The molecule has 0 amide bonds. The minimum atomic E-state index is 0.782. The van der Waals surface area contributed by atoms with Gasteiger partial charge in [-0.15, -0.1) is 47.0 Å². The average Bonchev–Trinajstić information content (AvgIpc) is 3.60. The highest BCUT2D eigenvalue weighted by molar-refractivity contribution is 8.79. The predicted molar refractivity (Wildman–Crippen MR) is 151 cm³/mol. The molecule has 26 heavy (non-hydrogen) atoms. The SMILES string of the molecule is C1CSC(C(SCSSCC2CS2)SCSSCC2CS2)S1.CCCC. The summed E-state index contributed by atoms with van der Waals surface area (Å²) >= 11 is 13.0. The monoisotopic (exact) mass is 542 g/mol. The second-order valence-electron chi connectivity index (χ2n) is 5.76. The lowest BCUT2D eigenvalue weighted by atomic mass is 10.4. The Kier molecular flexibility index (Phi) is 16.9. The summed E-state index contributed by atoms with van der Waals surface area (Å²) in [5, 5.41) is 4.47. The maximum absolute atomic E-state index is 2.20. The Morgan fingerprint density at radius 3 is 1.58 bits per heavy atom. The van der Waals surface area contributed by atoms with E-state index >= 15 is 0 Å². The number of unbranched alkanes of at least 4 members (excludes halogenated alkanes) is 1. The Labute approximate surface area is 202 Å². The van der Waals surface area contributed by atoms with Crippen LogP contribution in [-0.4, -0.2) is 64.4 Å². The zero-order chi connectivity index (χ0) is 18.5. The molecule has 3 heterocycles. The summed E-state index contributed by atoms with van der Waals surface area (Å²) in [4.78, 5) is 0. The third kappa shape index (κ3) is 13.7. The Morgan fingerprint density at radius 2 is 1.19 bits per heavy atom. The summed E-state index contributed by atoms with van der Waals surface area (Å²) in [5.74, 6) is 8.23. The molecule has 2 atom stereocenters. The molecule has 0 spiro atoms. The van der Waals surface area contributed by atoms with Crippen molar-refractivity contribution in [2.24, 2.45) is 0 Å². The van der Waals surface area contributed by atoms with E-state index in [1.54, 1.807) is 0 Å². The van der Waals surface area contributed by atoms with Gasteiger partial charge in [0.2, 0.25) is 0 Å². The van der Waals surface area contributed by atoms with Gasteiger partial charge in [-0.2, -0.15) is 23.5 Å². The fraction of sp³-hybridized carbons (Fsp3) is 1.00. The molecule has 3 rings (SSSR count). The molecule has 0 N–H and O–H groups in total. The van der Waals surface area contributed by atoms with Crippen molar-refractivity contribution < 1.29 is 0 Å². The highest BCUT2D eigenvalue weighted by atomic mass is 33.1. The van der Waals surface area contributed by atoms with Gasteiger partial charge in [0.1, 0.15) is 0 Å². The van der Waals surface area contributed by atoms with Crippen LogP contribution in [0.2, 0.25) is 0 Å².